The minimum atomic E-state index is -4.39. The number of rotatable bonds is 2. The number of amidine groups is 1. The van der Waals surface area contributed by atoms with Crippen LogP contribution >= 0.6 is 11.8 Å². The van der Waals surface area contributed by atoms with Gasteiger partial charge in [-0.2, -0.15) is 13.2 Å². The summed E-state index contributed by atoms with van der Waals surface area (Å²) in [4.78, 5) is 18.0. The molecule has 0 saturated heterocycles. The van der Waals surface area contributed by atoms with Crippen LogP contribution in [0.5, 0.6) is 0 Å². The molecule has 3 nitrogen and oxygen atoms in total. The number of hydrogen-bond donors (Lipinski definition) is 0. The average Bonchev–Trinajstić information content (AvgIpc) is 2.86. The van der Waals surface area contributed by atoms with Gasteiger partial charge in [0.25, 0.3) is 5.91 Å². The van der Waals surface area contributed by atoms with Gasteiger partial charge in [-0.05, 0) is 30.0 Å². The predicted octanol–water partition coefficient (Wildman–Crippen LogP) is 3.27. The highest BCUT2D eigenvalue weighted by atomic mass is 32.2. The van der Waals surface area contributed by atoms with Crippen molar-refractivity contribution in [3.8, 4) is 0 Å². The van der Waals surface area contributed by atoms with E-state index in [1.807, 2.05) is 6.92 Å². The van der Waals surface area contributed by atoms with Gasteiger partial charge in [-0.1, -0.05) is 18.7 Å². The second kappa shape index (κ2) is 5.87. The van der Waals surface area contributed by atoms with Crippen molar-refractivity contribution in [2.24, 2.45) is 4.99 Å². The number of thioether (sulfide) groups is 1. The van der Waals surface area contributed by atoms with Crippen LogP contribution in [0.4, 0.5) is 13.2 Å². The molecule has 1 aliphatic heterocycles. The lowest BCUT2D eigenvalue weighted by atomic mass is 10.1. The number of hydrogen-bond acceptors (Lipinski definition) is 3. The van der Waals surface area contributed by atoms with E-state index in [0.717, 1.165) is 17.9 Å². The van der Waals surface area contributed by atoms with Gasteiger partial charge in [0, 0.05) is 12.1 Å². The van der Waals surface area contributed by atoms with Crippen molar-refractivity contribution < 1.29 is 18.0 Å². The molecule has 1 aliphatic rings. The highest BCUT2D eigenvalue weighted by molar-refractivity contribution is 8.13. The third kappa shape index (κ3) is 3.15. The molecule has 2 rings (SSSR count). The van der Waals surface area contributed by atoms with Gasteiger partial charge in [-0.15, -0.1) is 0 Å². The van der Waals surface area contributed by atoms with E-state index in [-0.39, 0.29) is 11.5 Å². The molecule has 0 fully saturated rings. The fourth-order valence-electron chi connectivity index (χ4n) is 1.83. The van der Waals surface area contributed by atoms with Crippen LogP contribution in [-0.4, -0.2) is 34.8 Å². The zero-order chi connectivity index (χ0) is 14.8. The molecule has 1 amide bonds. The van der Waals surface area contributed by atoms with Gasteiger partial charge in [-0.3, -0.25) is 14.7 Å². The Morgan fingerprint density at radius 2 is 2.00 bits per heavy atom. The maximum Gasteiger partial charge on any atom is 0.416 e. The number of alkyl halides is 3. The van der Waals surface area contributed by atoms with E-state index in [9.17, 15) is 18.0 Å². The van der Waals surface area contributed by atoms with Gasteiger partial charge in [0.15, 0.2) is 5.17 Å². The molecule has 0 saturated carbocycles. The Morgan fingerprint density at radius 1 is 1.35 bits per heavy atom. The smallest absolute Gasteiger partial charge is 0.286 e. The SMILES string of the molecule is CCSC1=NCCN1C(=O)c1ccc(C(F)(F)F)cc1. The normalized spacial score (nSPS) is 15.4. The van der Waals surface area contributed by atoms with Crippen LogP contribution in [0.15, 0.2) is 29.3 Å². The number of benzene rings is 1. The first-order valence-corrected chi connectivity index (χ1v) is 7.08. The van der Waals surface area contributed by atoms with E-state index in [1.54, 1.807) is 0 Å². The molecule has 0 atom stereocenters. The predicted molar refractivity (Wildman–Crippen MR) is 72.9 cm³/mol. The number of aliphatic imine (C=N–C) groups is 1. The van der Waals surface area contributed by atoms with Gasteiger partial charge in [0.2, 0.25) is 0 Å². The largest absolute Gasteiger partial charge is 0.416 e. The van der Waals surface area contributed by atoms with Crippen LogP contribution < -0.4 is 0 Å². The lowest BCUT2D eigenvalue weighted by Crippen LogP contribution is -2.32. The molecule has 0 aromatic heterocycles. The Labute approximate surface area is 118 Å². The summed E-state index contributed by atoms with van der Waals surface area (Å²) in [5.41, 5.74) is -0.517. The van der Waals surface area contributed by atoms with Crippen LogP contribution in [0.2, 0.25) is 0 Å². The summed E-state index contributed by atoms with van der Waals surface area (Å²) < 4.78 is 37.4. The standard InChI is InChI=1S/C13H13F3N2OS/c1-2-20-12-17-7-8-18(12)11(19)9-3-5-10(6-4-9)13(14,15)16/h3-6H,2,7-8H2,1H3. The second-order valence-electron chi connectivity index (χ2n) is 4.13. The zero-order valence-electron chi connectivity index (χ0n) is 10.8. The maximum absolute atomic E-state index is 12.5. The van der Waals surface area contributed by atoms with Gasteiger partial charge >= 0.3 is 6.18 Å². The van der Waals surface area contributed by atoms with E-state index in [1.165, 1.54) is 28.8 Å². The van der Waals surface area contributed by atoms with Gasteiger partial charge in [0.1, 0.15) is 0 Å². The van der Waals surface area contributed by atoms with Crippen molar-refractivity contribution in [1.82, 2.24) is 4.90 Å². The summed E-state index contributed by atoms with van der Waals surface area (Å²) in [5.74, 6) is 0.478. The molecule has 0 aliphatic carbocycles. The summed E-state index contributed by atoms with van der Waals surface area (Å²) >= 11 is 1.45. The maximum atomic E-state index is 12.5. The molecule has 1 aromatic carbocycles. The van der Waals surface area contributed by atoms with E-state index in [0.29, 0.717) is 18.3 Å². The zero-order valence-corrected chi connectivity index (χ0v) is 11.6. The van der Waals surface area contributed by atoms with Crippen molar-refractivity contribution in [2.75, 3.05) is 18.8 Å². The van der Waals surface area contributed by atoms with Crippen molar-refractivity contribution in [2.45, 2.75) is 13.1 Å². The highest BCUT2D eigenvalue weighted by Gasteiger charge is 2.31. The molecule has 0 unspecified atom stereocenters. The van der Waals surface area contributed by atoms with Crippen molar-refractivity contribution >= 4 is 22.8 Å². The quantitative estimate of drug-likeness (QED) is 0.840. The Kier molecular flexibility index (Phi) is 4.37. The fraction of sp³-hybridized carbons (Fsp3) is 0.385. The minimum absolute atomic E-state index is 0.240. The lowest BCUT2D eigenvalue weighted by molar-refractivity contribution is -0.137. The Bertz CT molecular complexity index is 525. The first kappa shape index (κ1) is 14.9. The third-order valence-electron chi connectivity index (χ3n) is 2.78. The van der Waals surface area contributed by atoms with Crippen LogP contribution in [0.1, 0.15) is 22.8 Å². The number of halogens is 3. The van der Waals surface area contributed by atoms with E-state index in [4.69, 9.17) is 0 Å². The number of amides is 1. The first-order chi connectivity index (χ1) is 9.43. The first-order valence-electron chi connectivity index (χ1n) is 6.10. The monoisotopic (exact) mass is 302 g/mol. The second-order valence-corrected chi connectivity index (χ2v) is 5.36. The van der Waals surface area contributed by atoms with Crippen molar-refractivity contribution in [3.05, 3.63) is 35.4 Å². The molecule has 1 heterocycles. The van der Waals surface area contributed by atoms with Crippen molar-refractivity contribution in [1.29, 1.82) is 0 Å². The third-order valence-corrected chi connectivity index (χ3v) is 3.68. The lowest BCUT2D eigenvalue weighted by Gasteiger charge is -2.17. The van der Waals surface area contributed by atoms with Crippen molar-refractivity contribution in [3.63, 3.8) is 0 Å². The van der Waals surface area contributed by atoms with Gasteiger partial charge in [-0.25, -0.2) is 0 Å². The topological polar surface area (TPSA) is 32.7 Å². The van der Waals surface area contributed by atoms with Gasteiger partial charge in [0.05, 0.1) is 12.1 Å². The van der Waals surface area contributed by atoms with Crippen LogP contribution in [0.3, 0.4) is 0 Å². The van der Waals surface area contributed by atoms with Crippen LogP contribution in [-0.2, 0) is 6.18 Å². The number of carbonyl (C=O) groups is 1. The molecule has 108 valence electrons. The average molecular weight is 302 g/mol. The molecule has 0 spiro atoms. The molecule has 0 N–H and O–H groups in total. The molecule has 0 radical (unpaired) electrons. The van der Waals surface area contributed by atoms with Crippen LogP contribution in [0, 0.1) is 0 Å². The van der Waals surface area contributed by atoms with E-state index < -0.39 is 11.7 Å². The Balaban J connectivity index is 2.16. The highest BCUT2D eigenvalue weighted by Crippen LogP contribution is 2.29. The molecular formula is C13H13F3N2OS. The molecule has 1 aromatic rings. The minimum Gasteiger partial charge on any atom is -0.286 e. The molecule has 20 heavy (non-hydrogen) atoms. The van der Waals surface area contributed by atoms with Gasteiger partial charge < -0.3 is 0 Å². The summed E-state index contributed by atoms with van der Waals surface area (Å²) in [6, 6.07) is 4.26. The Hall–Kier alpha value is -1.50. The summed E-state index contributed by atoms with van der Waals surface area (Å²) in [6.07, 6.45) is -4.39. The number of nitrogens with zero attached hydrogens (tertiary/aromatic N) is 2. The van der Waals surface area contributed by atoms with E-state index >= 15 is 0 Å². The summed E-state index contributed by atoms with van der Waals surface area (Å²) in [7, 11) is 0. The molecule has 0 bridgehead atoms. The fourth-order valence-corrected chi connectivity index (χ4v) is 2.60. The summed E-state index contributed by atoms with van der Waals surface area (Å²) in [6.45, 7) is 2.96. The molecule has 7 heteroatoms. The number of carbonyl (C=O) groups excluding carboxylic acids is 1. The Morgan fingerprint density at radius 3 is 2.55 bits per heavy atom. The van der Waals surface area contributed by atoms with E-state index in [2.05, 4.69) is 4.99 Å². The molecular weight excluding hydrogens is 289 g/mol. The summed E-state index contributed by atoms with van der Waals surface area (Å²) in [5, 5.41) is 0.636. The van der Waals surface area contributed by atoms with Crippen LogP contribution in [0.25, 0.3) is 0 Å².